The molecule has 1 aliphatic rings. The van der Waals surface area contributed by atoms with Gasteiger partial charge in [0, 0.05) is 6.54 Å². The molecule has 1 saturated carbocycles. The van der Waals surface area contributed by atoms with Crippen molar-refractivity contribution in [2.75, 3.05) is 6.54 Å². The Balaban J connectivity index is 2.34. The van der Waals surface area contributed by atoms with Crippen molar-refractivity contribution in [2.24, 2.45) is 16.7 Å². The molecule has 5 heteroatoms. The van der Waals surface area contributed by atoms with Gasteiger partial charge in [0.2, 0.25) is 0 Å². The van der Waals surface area contributed by atoms with Gasteiger partial charge in [-0.15, -0.1) is 0 Å². The summed E-state index contributed by atoms with van der Waals surface area (Å²) in [6.07, 6.45) is 0. The van der Waals surface area contributed by atoms with E-state index >= 15 is 0 Å². The van der Waals surface area contributed by atoms with Gasteiger partial charge in [-0.05, 0) is 23.7 Å². The van der Waals surface area contributed by atoms with Gasteiger partial charge in [-0.2, -0.15) is 0 Å². The van der Waals surface area contributed by atoms with Crippen LogP contribution in [0.15, 0.2) is 0 Å². The molecule has 0 aromatic heterocycles. The van der Waals surface area contributed by atoms with Crippen LogP contribution < -0.4 is 10.6 Å². The summed E-state index contributed by atoms with van der Waals surface area (Å²) in [5, 5.41) is 13.7. The van der Waals surface area contributed by atoms with E-state index in [9.17, 15) is 9.59 Å². The van der Waals surface area contributed by atoms with E-state index < -0.39 is 18.0 Å². The van der Waals surface area contributed by atoms with Crippen molar-refractivity contribution >= 4 is 12.0 Å². The molecule has 0 aromatic carbocycles. The predicted molar refractivity (Wildman–Crippen MR) is 64.7 cm³/mol. The van der Waals surface area contributed by atoms with Gasteiger partial charge in [0.05, 0.1) is 0 Å². The minimum Gasteiger partial charge on any atom is -0.480 e. The first-order valence-electron chi connectivity index (χ1n) is 5.88. The second-order valence-electron chi connectivity index (χ2n) is 5.91. The molecule has 0 radical (unpaired) electrons. The van der Waals surface area contributed by atoms with Gasteiger partial charge in [-0.25, -0.2) is 4.79 Å². The van der Waals surface area contributed by atoms with E-state index in [-0.39, 0.29) is 10.8 Å². The predicted octanol–water partition coefficient (Wildman–Crippen LogP) is 1.44. The van der Waals surface area contributed by atoms with Crippen molar-refractivity contribution in [2.45, 2.75) is 40.7 Å². The number of nitrogens with one attached hydrogen (secondary N) is 2. The van der Waals surface area contributed by atoms with E-state index in [4.69, 9.17) is 5.11 Å². The molecule has 1 unspecified atom stereocenters. The molecule has 0 spiro atoms. The largest absolute Gasteiger partial charge is 0.480 e. The quantitative estimate of drug-likeness (QED) is 0.698. The second kappa shape index (κ2) is 4.20. The van der Waals surface area contributed by atoms with E-state index in [0.29, 0.717) is 12.5 Å². The minimum atomic E-state index is -1.03. The Kier molecular flexibility index (Phi) is 3.41. The number of carbonyl (C=O) groups is 2. The van der Waals surface area contributed by atoms with Crippen LogP contribution in [0.3, 0.4) is 0 Å². The fourth-order valence-electron chi connectivity index (χ4n) is 2.35. The van der Waals surface area contributed by atoms with E-state index in [1.54, 1.807) is 0 Å². The highest BCUT2D eigenvalue weighted by molar-refractivity contribution is 5.82. The SMILES string of the molecule is CC(NC(=O)NCC1C(C)(C)C1(C)C)C(=O)O. The van der Waals surface area contributed by atoms with Crippen LogP contribution in [0.25, 0.3) is 0 Å². The number of aliphatic carboxylic acids is 1. The maximum Gasteiger partial charge on any atom is 0.325 e. The highest BCUT2D eigenvalue weighted by atomic mass is 16.4. The lowest BCUT2D eigenvalue weighted by Crippen LogP contribution is -2.45. The minimum absolute atomic E-state index is 0.221. The van der Waals surface area contributed by atoms with Crippen LogP contribution in [0.4, 0.5) is 4.79 Å². The molecule has 1 rings (SSSR count). The van der Waals surface area contributed by atoms with Crippen LogP contribution in [0, 0.1) is 16.7 Å². The van der Waals surface area contributed by atoms with Crippen molar-refractivity contribution in [1.82, 2.24) is 10.6 Å². The zero-order valence-electron chi connectivity index (χ0n) is 11.1. The molecule has 98 valence electrons. The number of carboxylic acid groups (broad SMARTS) is 1. The summed E-state index contributed by atoms with van der Waals surface area (Å²) in [5.74, 6) is -0.604. The summed E-state index contributed by atoms with van der Waals surface area (Å²) in [6.45, 7) is 10.7. The maximum atomic E-state index is 11.4. The summed E-state index contributed by atoms with van der Waals surface area (Å²) in [5.41, 5.74) is 0.442. The Labute approximate surface area is 102 Å². The Morgan fingerprint density at radius 2 is 1.71 bits per heavy atom. The topological polar surface area (TPSA) is 78.4 Å². The van der Waals surface area contributed by atoms with Gasteiger partial charge in [0.15, 0.2) is 0 Å². The summed E-state index contributed by atoms with van der Waals surface area (Å²) in [6, 6.07) is -1.28. The van der Waals surface area contributed by atoms with Gasteiger partial charge in [-0.3, -0.25) is 4.79 Å². The van der Waals surface area contributed by atoms with Crippen LogP contribution in [0.5, 0.6) is 0 Å². The Morgan fingerprint density at radius 3 is 2.06 bits per heavy atom. The number of hydrogen-bond acceptors (Lipinski definition) is 2. The van der Waals surface area contributed by atoms with Crippen LogP contribution in [0.2, 0.25) is 0 Å². The molecule has 0 saturated heterocycles. The fourth-order valence-corrected chi connectivity index (χ4v) is 2.35. The molecule has 2 amide bonds. The first-order valence-corrected chi connectivity index (χ1v) is 5.88. The van der Waals surface area contributed by atoms with Crippen molar-refractivity contribution in [3.05, 3.63) is 0 Å². The van der Waals surface area contributed by atoms with Gasteiger partial charge < -0.3 is 15.7 Å². The number of hydrogen-bond donors (Lipinski definition) is 3. The van der Waals surface area contributed by atoms with Gasteiger partial charge >= 0.3 is 12.0 Å². The average Bonchev–Trinajstić information content (AvgIpc) is 2.54. The number of carbonyl (C=O) groups excluding carboxylic acids is 1. The highest BCUT2D eigenvalue weighted by Crippen LogP contribution is 2.67. The van der Waals surface area contributed by atoms with E-state index in [2.05, 4.69) is 38.3 Å². The number of rotatable bonds is 4. The van der Waals surface area contributed by atoms with Gasteiger partial charge in [-0.1, -0.05) is 27.7 Å². The van der Waals surface area contributed by atoms with Gasteiger partial charge in [0.1, 0.15) is 6.04 Å². The Hall–Kier alpha value is -1.26. The molecule has 0 bridgehead atoms. The van der Waals surface area contributed by atoms with Crippen LogP contribution in [0.1, 0.15) is 34.6 Å². The third-order valence-electron chi connectivity index (χ3n) is 4.50. The monoisotopic (exact) mass is 242 g/mol. The summed E-state index contributed by atoms with van der Waals surface area (Å²) < 4.78 is 0. The van der Waals surface area contributed by atoms with E-state index in [1.165, 1.54) is 6.92 Å². The lowest BCUT2D eigenvalue weighted by Gasteiger charge is -2.11. The first kappa shape index (κ1) is 13.8. The standard InChI is InChI=1S/C12H22N2O3/c1-7(9(15)16)14-10(17)13-6-8-11(2,3)12(8,4)5/h7-8H,6H2,1-5H3,(H,15,16)(H2,13,14,17). The van der Waals surface area contributed by atoms with E-state index in [0.717, 1.165) is 0 Å². The summed E-state index contributed by atoms with van der Waals surface area (Å²) in [7, 11) is 0. The smallest absolute Gasteiger partial charge is 0.325 e. The van der Waals surface area contributed by atoms with Crippen molar-refractivity contribution in [3.63, 3.8) is 0 Å². The van der Waals surface area contributed by atoms with Crippen LogP contribution in [-0.4, -0.2) is 29.7 Å². The average molecular weight is 242 g/mol. The third-order valence-corrected chi connectivity index (χ3v) is 4.50. The molecular formula is C12H22N2O3. The van der Waals surface area contributed by atoms with Crippen molar-refractivity contribution in [3.8, 4) is 0 Å². The maximum absolute atomic E-state index is 11.4. The van der Waals surface area contributed by atoms with Crippen LogP contribution in [-0.2, 0) is 4.79 Å². The molecule has 0 aromatic rings. The third kappa shape index (κ3) is 2.53. The molecular weight excluding hydrogens is 220 g/mol. The van der Waals surface area contributed by atoms with E-state index in [1.807, 2.05) is 0 Å². The molecule has 0 aliphatic heterocycles. The Morgan fingerprint density at radius 1 is 1.24 bits per heavy atom. The first-order chi connectivity index (χ1) is 7.60. The molecule has 1 fully saturated rings. The lowest BCUT2D eigenvalue weighted by atomic mass is 10.0. The Bertz CT molecular complexity index is 323. The zero-order chi connectivity index (χ0) is 13.4. The zero-order valence-corrected chi connectivity index (χ0v) is 11.1. The fraction of sp³-hybridized carbons (Fsp3) is 0.833. The van der Waals surface area contributed by atoms with Crippen molar-refractivity contribution in [1.29, 1.82) is 0 Å². The molecule has 5 nitrogen and oxygen atoms in total. The molecule has 1 aliphatic carbocycles. The normalized spacial score (nSPS) is 22.6. The summed E-state index contributed by atoms with van der Waals surface area (Å²) >= 11 is 0. The molecule has 17 heavy (non-hydrogen) atoms. The lowest BCUT2D eigenvalue weighted by molar-refractivity contribution is -0.138. The molecule has 1 atom stereocenters. The second-order valence-corrected chi connectivity index (χ2v) is 5.91. The van der Waals surface area contributed by atoms with Crippen molar-refractivity contribution < 1.29 is 14.7 Å². The molecule has 3 N–H and O–H groups in total. The molecule has 0 heterocycles. The number of amides is 2. The number of carboxylic acids is 1. The number of urea groups is 1. The van der Waals surface area contributed by atoms with Gasteiger partial charge in [0.25, 0.3) is 0 Å². The summed E-state index contributed by atoms with van der Waals surface area (Å²) in [4.78, 5) is 22.0. The van der Waals surface area contributed by atoms with Crippen LogP contribution >= 0.6 is 0 Å². The highest BCUT2D eigenvalue weighted by Gasteiger charge is 2.64.